The van der Waals surface area contributed by atoms with Gasteiger partial charge in [-0.05, 0) is 38.2 Å². The highest BCUT2D eigenvalue weighted by Crippen LogP contribution is 2.40. The normalized spacial score (nSPS) is 18.3. The van der Waals surface area contributed by atoms with Crippen LogP contribution in [0.5, 0.6) is 0 Å². The summed E-state index contributed by atoms with van der Waals surface area (Å²) < 4.78 is 5.44. The number of hydrogen-bond donors (Lipinski definition) is 0. The zero-order valence-corrected chi connectivity index (χ0v) is 13.0. The van der Waals surface area contributed by atoms with Crippen molar-refractivity contribution in [3.8, 4) is 0 Å². The minimum Gasteiger partial charge on any atom is -0.339 e. The third-order valence-corrected chi connectivity index (χ3v) is 4.64. The molecular formula is C17H21N3O2. The molecule has 3 heterocycles. The Balaban J connectivity index is 1.84. The van der Waals surface area contributed by atoms with Crippen LogP contribution in [0.4, 0.5) is 0 Å². The van der Waals surface area contributed by atoms with Crippen LogP contribution in [0.2, 0.25) is 0 Å². The molecule has 1 saturated heterocycles. The van der Waals surface area contributed by atoms with Gasteiger partial charge in [-0.25, -0.2) is 4.98 Å². The lowest BCUT2D eigenvalue weighted by Gasteiger charge is -2.16. The lowest BCUT2D eigenvalue weighted by atomic mass is 10.0. The second kappa shape index (κ2) is 5.38. The molecule has 116 valence electrons. The Bertz CT molecular complexity index is 712. The maximum absolute atomic E-state index is 12.9. The molecule has 2 aliphatic rings. The molecule has 0 spiro atoms. The summed E-state index contributed by atoms with van der Waals surface area (Å²) in [5.74, 6) is 0.613. The van der Waals surface area contributed by atoms with Crippen molar-refractivity contribution in [3.05, 3.63) is 23.0 Å². The van der Waals surface area contributed by atoms with Gasteiger partial charge in [0.1, 0.15) is 0 Å². The molecule has 0 bridgehead atoms. The summed E-state index contributed by atoms with van der Waals surface area (Å²) in [6, 6.07) is 2.00. The lowest BCUT2D eigenvalue weighted by molar-refractivity contribution is 0.0794. The van der Waals surface area contributed by atoms with Gasteiger partial charge in [0, 0.05) is 24.7 Å². The molecule has 0 N–H and O–H groups in total. The van der Waals surface area contributed by atoms with Crippen molar-refractivity contribution in [2.45, 2.75) is 51.4 Å². The van der Waals surface area contributed by atoms with Crippen molar-refractivity contribution >= 4 is 17.0 Å². The van der Waals surface area contributed by atoms with E-state index < -0.39 is 0 Å². The average Bonchev–Trinajstić information content (AvgIpc) is 3.08. The van der Waals surface area contributed by atoms with E-state index in [0.29, 0.717) is 11.6 Å². The van der Waals surface area contributed by atoms with Crippen LogP contribution >= 0.6 is 0 Å². The molecule has 4 rings (SSSR count). The Kier molecular flexibility index (Phi) is 3.36. The highest BCUT2D eigenvalue weighted by Gasteiger charge is 2.30. The summed E-state index contributed by atoms with van der Waals surface area (Å²) in [5, 5.41) is 5.00. The van der Waals surface area contributed by atoms with E-state index >= 15 is 0 Å². The van der Waals surface area contributed by atoms with Gasteiger partial charge in [0.05, 0.1) is 16.6 Å². The molecule has 5 heteroatoms. The number of fused-ring (bicyclic) bond motifs is 1. The Morgan fingerprint density at radius 3 is 2.82 bits per heavy atom. The maximum atomic E-state index is 12.9. The summed E-state index contributed by atoms with van der Waals surface area (Å²) in [6.45, 7) is 3.82. The van der Waals surface area contributed by atoms with E-state index in [9.17, 15) is 4.79 Å². The summed E-state index contributed by atoms with van der Waals surface area (Å²) in [5.41, 5.74) is 3.15. The molecule has 1 saturated carbocycles. The van der Waals surface area contributed by atoms with Crippen LogP contribution in [0.15, 0.2) is 10.6 Å². The van der Waals surface area contributed by atoms with Gasteiger partial charge in [-0.3, -0.25) is 4.79 Å². The number of amides is 1. The van der Waals surface area contributed by atoms with Gasteiger partial charge in [0.2, 0.25) is 0 Å². The number of pyridine rings is 1. The van der Waals surface area contributed by atoms with Crippen molar-refractivity contribution in [1.82, 2.24) is 15.0 Å². The molecular weight excluding hydrogens is 278 g/mol. The number of rotatable bonds is 4. The first kappa shape index (κ1) is 13.7. The van der Waals surface area contributed by atoms with Crippen molar-refractivity contribution < 1.29 is 9.32 Å². The van der Waals surface area contributed by atoms with E-state index in [4.69, 9.17) is 4.52 Å². The molecule has 5 nitrogen and oxygen atoms in total. The van der Waals surface area contributed by atoms with E-state index in [1.165, 1.54) is 0 Å². The second-order valence-corrected chi connectivity index (χ2v) is 6.43. The van der Waals surface area contributed by atoms with Gasteiger partial charge in [-0.1, -0.05) is 18.5 Å². The smallest absolute Gasteiger partial charge is 0.259 e. The van der Waals surface area contributed by atoms with Crippen molar-refractivity contribution in [3.63, 3.8) is 0 Å². The quantitative estimate of drug-likeness (QED) is 0.869. The van der Waals surface area contributed by atoms with Crippen LogP contribution in [-0.2, 0) is 6.42 Å². The first-order chi connectivity index (χ1) is 10.8. The van der Waals surface area contributed by atoms with Crippen LogP contribution in [0.3, 0.4) is 0 Å². The van der Waals surface area contributed by atoms with E-state index in [2.05, 4.69) is 17.1 Å². The third kappa shape index (κ3) is 2.28. The monoisotopic (exact) mass is 299 g/mol. The number of nitrogens with zero attached hydrogens (tertiary/aromatic N) is 3. The summed E-state index contributed by atoms with van der Waals surface area (Å²) in [7, 11) is 0. The fourth-order valence-electron chi connectivity index (χ4n) is 3.28. The molecule has 0 unspecified atom stereocenters. The number of aryl methyl sites for hydroxylation is 1. The third-order valence-electron chi connectivity index (χ3n) is 4.64. The highest BCUT2D eigenvalue weighted by molar-refractivity contribution is 6.06. The zero-order valence-electron chi connectivity index (χ0n) is 13.0. The number of hydrogen-bond acceptors (Lipinski definition) is 4. The Morgan fingerprint density at radius 2 is 2.14 bits per heavy atom. The minimum absolute atomic E-state index is 0.118. The Morgan fingerprint density at radius 1 is 1.36 bits per heavy atom. The molecule has 2 aromatic heterocycles. The standard InChI is InChI=1S/C17H21N3O2/c1-2-5-13-15-12(17(21)20-8-3-4-9-20)10-14(11-6-7-11)18-16(15)22-19-13/h10-11H,2-9H2,1H3. The molecule has 1 amide bonds. The molecule has 0 aromatic carbocycles. The second-order valence-electron chi connectivity index (χ2n) is 6.43. The molecule has 1 aliphatic carbocycles. The summed E-state index contributed by atoms with van der Waals surface area (Å²) >= 11 is 0. The van der Waals surface area contributed by atoms with Crippen LogP contribution in [0.1, 0.15) is 66.7 Å². The van der Waals surface area contributed by atoms with Crippen LogP contribution in [0, 0.1) is 0 Å². The lowest BCUT2D eigenvalue weighted by Crippen LogP contribution is -2.28. The molecule has 2 aromatic rings. The Labute approximate surface area is 129 Å². The topological polar surface area (TPSA) is 59.2 Å². The van der Waals surface area contributed by atoms with E-state index in [1.54, 1.807) is 0 Å². The van der Waals surface area contributed by atoms with Crippen LogP contribution in [0.25, 0.3) is 11.1 Å². The number of likely N-dealkylation sites (tertiary alicyclic amines) is 1. The summed E-state index contributed by atoms with van der Waals surface area (Å²) in [4.78, 5) is 19.5. The highest BCUT2D eigenvalue weighted by atomic mass is 16.5. The fraction of sp³-hybridized carbons (Fsp3) is 0.588. The maximum Gasteiger partial charge on any atom is 0.259 e. The van der Waals surface area contributed by atoms with E-state index in [-0.39, 0.29) is 5.91 Å². The molecule has 22 heavy (non-hydrogen) atoms. The van der Waals surface area contributed by atoms with Crippen molar-refractivity contribution in [2.24, 2.45) is 0 Å². The SMILES string of the molecule is CCCc1noc2nc(C3CC3)cc(C(=O)N3CCCC3)c12. The average molecular weight is 299 g/mol. The molecule has 0 radical (unpaired) electrons. The number of carbonyl (C=O) groups excluding carboxylic acids is 1. The predicted molar refractivity (Wildman–Crippen MR) is 82.9 cm³/mol. The Hall–Kier alpha value is -1.91. The van der Waals surface area contributed by atoms with Gasteiger partial charge in [-0.2, -0.15) is 0 Å². The number of carbonyl (C=O) groups is 1. The van der Waals surface area contributed by atoms with E-state index in [1.807, 2.05) is 11.0 Å². The van der Waals surface area contributed by atoms with E-state index in [0.717, 1.165) is 74.0 Å². The first-order valence-corrected chi connectivity index (χ1v) is 8.36. The number of aromatic nitrogens is 2. The van der Waals surface area contributed by atoms with Gasteiger partial charge in [0.25, 0.3) is 11.6 Å². The summed E-state index contributed by atoms with van der Waals surface area (Å²) in [6.07, 6.45) is 6.31. The molecule has 1 aliphatic heterocycles. The molecule has 0 atom stereocenters. The van der Waals surface area contributed by atoms with Gasteiger partial charge in [0.15, 0.2) is 0 Å². The van der Waals surface area contributed by atoms with Gasteiger partial charge in [-0.15, -0.1) is 0 Å². The van der Waals surface area contributed by atoms with Crippen molar-refractivity contribution in [1.29, 1.82) is 0 Å². The van der Waals surface area contributed by atoms with Crippen molar-refractivity contribution in [2.75, 3.05) is 13.1 Å². The molecule has 2 fully saturated rings. The largest absolute Gasteiger partial charge is 0.339 e. The predicted octanol–water partition coefficient (Wildman–Crippen LogP) is 3.29. The minimum atomic E-state index is 0.118. The van der Waals surface area contributed by atoms with Crippen LogP contribution < -0.4 is 0 Å². The first-order valence-electron chi connectivity index (χ1n) is 8.36. The van der Waals surface area contributed by atoms with Gasteiger partial charge >= 0.3 is 0 Å². The van der Waals surface area contributed by atoms with Gasteiger partial charge < -0.3 is 9.42 Å². The van der Waals surface area contributed by atoms with Crippen LogP contribution in [-0.4, -0.2) is 34.0 Å². The zero-order chi connectivity index (χ0) is 15.1. The fourth-order valence-corrected chi connectivity index (χ4v) is 3.28.